The number of thiophene rings is 1. The van der Waals surface area contributed by atoms with Crippen LogP contribution in [0.1, 0.15) is 44.4 Å². The van der Waals surface area contributed by atoms with Gasteiger partial charge in [0, 0.05) is 6.08 Å². The van der Waals surface area contributed by atoms with Crippen molar-refractivity contribution in [3.05, 3.63) is 64.4 Å². The quantitative estimate of drug-likeness (QED) is 0.266. The number of hydrogen-bond acceptors (Lipinski definition) is 6. The molecule has 3 N–H and O–H groups in total. The van der Waals surface area contributed by atoms with E-state index in [-0.39, 0.29) is 18.2 Å². The summed E-state index contributed by atoms with van der Waals surface area (Å²) in [6.07, 6.45) is 2.99. The van der Waals surface area contributed by atoms with Gasteiger partial charge in [0.25, 0.3) is 0 Å². The Morgan fingerprint density at radius 1 is 1.06 bits per heavy atom. The summed E-state index contributed by atoms with van der Waals surface area (Å²) in [5.74, 6) is -4.68. The third-order valence-corrected chi connectivity index (χ3v) is 6.62. The molecule has 1 aliphatic heterocycles. The highest BCUT2D eigenvalue weighted by Gasteiger charge is 2.46. The average molecular weight is 496 g/mol. The number of nitrogens with one attached hydrogen (secondary N) is 3. The number of ketones is 1. The summed E-state index contributed by atoms with van der Waals surface area (Å²) in [6.45, 7) is 5.04. The molecule has 4 amide bonds. The van der Waals surface area contributed by atoms with E-state index in [1.165, 1.54) is 24.3 Å². The molecule has 8 nitrogen and oxygen atoms in total. The SMILES string of the molecule is CC(C)[C@@H](NC(=O)C[C@@H](NC(=O)/C=C/c1ccsc1)c1ccccc1)C(=O)[C@@H]1C(=O)NC(=O)[C@H]1C. The van der Waals surface area contributed by atoms with Crippen molar-refractivity contribution in [2.75, 3.05) is 0 Å². The van der Waals surface area contributed by atoms with E-state index < -0.39 is 47.4 Å². The van der Waals surface area contributed by atoms with E-state index in [9.17, 15) is 24.0 Å². The first-order valence-electron chi connectivity index (χ1n) is 11.4. The van der Waals surface area contributed by atoms with Crippen LogP contribution in [0.3, 0.4) is 0 Å². The molecule has 1 aromatic heterocycles. The average Bonchev–Trinajstić information content (AvgIpc) is 3.43. The first-order chi connectivity index (χ1) is 16.7. The maximum absolute atomic E-state index is 13.1. The summed E-state index contributed by atoms with van der Waals surface area (Å²) >= 11 is 1.52. The zero-order valence-corrected chi connectivity index (χ0v) is 20.6. The topological polar surface area (TPSA) is 121 Å². The minimum absolute atomic E-state index is 0.107. The number of imide groups is 1. The van der Waals surface area contributed by atoms with E-state index >= 15 is 0 Å². The summed E-state index contributed by atoms with van der Waals surface area (Å²) < 4.78 is 0. The summed E-state index contributed by atoms with van der Waals surface area (Å²) in [5, 5.41) is 11.6. The molecule has 1 fully saturated rings. The lowest BCUT2D eigenvalue weighted by atomic mass is 9.85. The normalized spacial score (nSPS) is 19.4. The van der Waals surface area contributed by atoms with Crippen LogP contribution in [0.5, 0.6) is 0 Å². The number of rotatable bonds is 10. The highest BCUT2D eigenvalue weighted by Crippen LogP contribution is 2.24. The van der Waals surface area contributed by atoms with Crippen molar-refractivity contribution < 1.29 is 24.0 Å². The molecule has 0 unspecified atom stereocenters. The van der Waals surface area contributed by atoms with Gasteiger partial charge in [-0.1, -0.05) is 51.1 Å². The third kappa shape index (κ3) is 6.73. The summed E-state index contributed by atoms with van der Waals surface area (Å²) in [7, 11) is 0. The molecule has 4 atom stereocenters. The predicted molar refractivity (Wildman–Crippen MR) is 133 cm³/mol. The molecule has 35 heavy (non-hydrogen) atoms. The summed E-state index contributed by atoms with van der Waals surface area (Å²) in [6, 6.07) is 9.38. The second kappa shape index (κ2) is 11.7. The van der Waals surface area contributed by atoms with Gasteiger partial charge >= 0.3 is 0 Å². The largest absolute Gasteiger partial charge is 0.346 e. The van der Waals surface area contributed by atoms with Gasteiger partial charge in [-0.2, -0.15) is 11.3 Å². The Kier molecular flexibility index (Phi) is 8.70. The van der Waals surface area contributed by atoms with Crippen LogP contribution in [0.4, 0.5) is 0 Å². The van der Waals surface area contributed by atoms with Crippen LogP contribution in [0.2, 0.25) is 0 Å². The standard InChI is InChI=1S/C26H29N3O5S/c1-15(2)23(24(32)22-16(3)25(33)29-26(22)34)28-21(31)13-19(18-7-5-4-6-8-18)27-20(30)10-9-17-11-12-35-14-17/h4-12,14-16,19,22-23H,13H2,1-3H3,(H,27,30)(H,28,31)(H,29,33,34)/b10-9+/t16-,19+,22+,23+/m0/s1. The van der Waals surface area contributed by atoms with Gasteiger partial charge < -0.3 is 10.6 Å². The fourth-order valence-electron chi connectivity index (χ4n) is 3.94. The lowest BCUT2D eigenvalue weighted by molar-refractivity contribution is -0.137. The zero-order chi connectivity index (χ0) is 25.5. The van der Waals surface area contributed by atoms with Crippen molar-refractivity contribution in [2.24, 2.45) is 17.8 Å². The van der Waals surface area contributed by atoms with E-state index in [0.29, 0.717) is 0 Å². The Balaban J connectivity index is 1.72. The first-order valence-corrected chi connectivity index (χ1v) is 12.3. The molecule has 1 aliphatic rings. The molecule has 3 rings (SSSR count). The van der Waals surface area contributed by atoms with Gasteiger partial charge in [0.15, 0.2) is 5.78 Å². The van der Waals surface area contributed by atoms with Crippen LogP contribution in [-0.2, 0) is 24.0 Å². The van der Waals surface area contributed by atoms with Crippen LogP contribution in [0.25, 0.3) is 6.08 Å². The van der Waals surface area contributed by atoms with Gasteiger partial charge in [-0.15, -0.1) is 0 Å². The van der Waals surface area contributed by atoms with Crippen LogP contribution in [0.15, 0.2) is 53.2 Å². The fraction of sp³-hybridized carbons (Fsp3) is 0.346. The monoisotopic (exact) mass is 495 g/mol. The van der Waals surface area contributed by atoms with Crippen molar-refractivity contribution in [3.8, 4) is 0 Å². The third-order valence-electron chi connectivity index (χ3n) is 5.92. The molecule has 1 saturated heterocycles. The molecule has 1 aromatic carbocycles. The summed E-state index contributed by atoms with van der Waals surface area (Å²) in [5.41, 5.74) is 1.64. The Hall–Kier alpha value is -3.59. The van der Waals surface area contributed by atoms with Crippen molar-refractivity contribution in [3.63, 3.8) is 0 Å². The second-order valence-electron chi connectivity index (χ2n) is 8.88. The van der Waals surface area contributed by atoms with Gasteiger partial charge in [-0.3, -0.25) is 29.3 Å². The number of carbonyl (C=O) groups is 5. The fourth-order valence-corrected chi connectivity index (χ4v) is 4.57. The minimum Gasteiger partial charge on any atom is -0.346 e. The molecule has 2 aromatic rings. The number of hydrogen-bond donors (Lipinski definition) is 3. The highest BCUT2D eigenvalue weighted by molar-refractivity contribution is 7.08. The molecule has 0 spiro atoms. The van der Waals surface area contributed by atoms with Crippen LogP contribution < -0.4 is 16.0 Å². The Morgan fingerprint density at radius 3 is 2.34 bits per heavy atom. The van der Waals surface area contributed by atoms with Crippen molar-refractivity contribution >= 4 is 46.8 Å². The molecule has 9 heteroatoms. The molecule has 0 aliphatic carbocycles. The van der Waals surface area contributed by atoms with Crippen LogP contribution in [0, 0.1) is 17.8 Å². The lowest BCUT2D eigenvalue weighted by Crippen LogP contribution is -2.49. The lowest BCUT2D eigenvalue weighted by Gasteiger charge is -2.25. The van der Waals surface area contributed by atoms with Gasteiger partial charge in [0.1, 0.15) is 5.92 Å². The smallest absolute Gasteiger partial charge is 0.244 e. The van der Waals surface area contributed by atoms with Gasteiger partial charge in [-0.05, 0) is 39.9 Å². The molecule has 0 saturated carbocycles. The van der Waals surface area contributed by atoms with E-state index in [2.05, 4.69) is 16.0 Å². The molecular formula is C26H29N3O5S. The number of carbonyl (C=O) groups excluding carboxylic acids is 5. The maximum atomic E-state index is 13.1. The van der Waals surface area contributed by atoms with E-state index in [4.69, 9.17) is 0 Å². The van der Waals surface area contributed by atoms with Gasteiger partial charge in [-0.25, -0.2) is 0 Å². The van der Waals surface area contributed by atoms with Crippen LogP contribution in [-0.4, -0.2) is 35.5 Å². The summed E-state index contributed by atoms with van der Waals surface area (Å²) in [4.78, 5) is 62.7. The van der Waals surface area contributed by atoms with E-state index in [1.807, 2.05) is 47.2 Å². The Bertz CT molecular complexity index is 1110. The van der Waals surface area contributed by atoms with Crippen molar-refractivity contribution in [1.29, 1.82) is 0 Å². The molecule has 0 radical (unpaired) electrons. The van der Waals surface area contributed by atoms with Crippen LogP contribution >= 0.6 is 11.3 Å². The Morgan fingerprint density at radius 2 is 1.77 bits per heavy atom. The van der Waals surface area contributed by atoms with E-state index in [1.54, 1.807) is 19.9 Å². The Labute approximate surface area is 208 Å². The molecule has 184 valence electrons. The van der Waals surface area contributed by atoms with Gasteiger partial charge in [0.2, 0.25) is 23.6 Å². The first kappa shape index (κ1) is 26.0. The molecular weight excluding hydrogens is 466 g/mol. The maximum Gasteiger partial charge on any atom is 0.244 e. The number of amides is 4. The highest BCUT2D eigenvalue weighted by atomic mass is 32.1. The number of benzene rings is 1. The van der Waals surface area contributed by atoms with Gasteiger partial charge in [0.05, 0.1) is 24.4 Å². The molecule has 0 bridgehead atoms. The second-order valence-corrected chi connectivity index (χ2v) is 9.66. The number of Topliss-reactive ketones (excluding diaryl/α,β-unsaturated/α-hetero) is 1. The zero-order valence-electron chi connectivity index (χ0n) is 19.8. The predicted octanol–water partition coefficient (Wildman–Crippen LogP) is 2.63. The van der Waals surface area contributed by atoms with Crippen molar-refractivity contribution in [1.82, 2.24) is 16.0 Å². The minimum atomic E-state index is -1.14. The molecule has 2 heterocycles. The van der Waals surface area contributed by atoms with E-state index in [0.717, 1.165) is 11.1 Å². The van der Waals surface area contributed by atoms with Crippen molar-refractivity contribution in [2.45, 2.75) is 39.3 Å².